The molecule has 9 heteroatoms. The molecule has 3 aromatic rings. The van der Waals surface area contributed by atoms with E-state index in [1.807, 2.05) is 48.5 Å². The molecular formula is C22H21ClN6OS. The van der Waals surface area contributed by atoms with Gasteiger partial charge >= 0.3 is 0 Å². The highest BCUT2D eigenvalue weighted by Gasteiger charge is 2.28. The van der Waals surface area contributed by atoms with Crippen molar-refractivity contribution in [1.29, 1.82) is 5.26 Å². The molecule has 1 saturated heterocycles. The number of aromatic nitrogens is 2. The Morgan fingerprint density at radius 3 is 2.42 bits per heavy atom. The van der Waals surface area contributed by atoms with E-state index in [-0.39, 0.29) is 17.4 Å². The number of likely N-dealkylation sites (tertiary alicyclic amines) is 1. The number of nitriles is 1. The van der Waals surface area contributed by atoms with Gasteiger partial charge in [0.2, 0.25) is 0 Å². The van der Waals surface area contributed by atoms with Gasteiger partial charge in [-0.15, -0.1) is 0 Å². The van der Waals surface area contributed by atoms with Crippen molar-refractivity contribution in [2.45, 2.75) is 28.7 Å². The van der Waals surface area contributed by atoms with E-state index >= 15 is 0 Å². The van der Waals surface area contributed by atoms with E-state index in [1.54, 1.807) is 21.3 Å². The van der Waals surface area contributed by atoms with Gasteiger partial charge in [0.25, 0.3) is 5.91 Å². The molecule has 2 heterocycles. The summed E-state index contributed by atoms with van der Waals surface area (Å²) in [5.74, 6) is -0.377. The van der Waals surface area contributed by atoms with E-state index < -0.39 is 5.91 Å². The number of amides is 1. The summed E-state index contributed by atoms with van der Waals surface area (Å²) in [7, 11) is 0. The van der Waals surface area contributed by atoms with Gasteiger partial charge in [-0.2, -0.15) is 10.4 Å². The second-order valence-corrected chi connectivity index (χ2v) is 8.92. The van der Waals surface area contributed by atoms with Gasteiger partial charge in [0.1, 0.15) is 17.1 Å². The Morgan fingerprint density at radius 1 is 1.16 bits per heavy atom. The third-order valence-electron chi connectivity index (χ3n) is 5.25. The summed E-state index contributed by atoms with van der Waals surface area (Å²) in [6, 6.07) is 15.3. The molecule has 1 aromatic heterocycles. The average molecular weight is 453 g/mol. The van der Waals surface area contributed by atoms with Crippen LogP contribution in [-0.4, -0.2) is 33.7 Å². The summed E-state index contributed by atoms with van der Waals surface area (Å²) in [4.78, 5) is 16.0. The standard InChI is InChI=1S/C22H21ClN6OS/c23-15-5-9-18(10-6-15)31-17-7-3-14(4-8-17)20-19(22(26)30)21(25)29(27-20)16-2-1-11-28(12-16)13-24/h3-10,16H,1-2,11-12,25H2,(H2,26,30). The lowest BCUT2D eigenvalue weighted by Crippen LogP contribution is -2.34. The van der Waals surface area contributed by atoms with Crippen LogP contribution in [0.3, 0.4) is 0 Å². The van der Waals surface area contributed by atoms with Crippen LogP contribution in [0.2, 0.25) is 5.02 Å². The number of primary amides is 1. The molecule has 0 radical (unpaired) electrons. The van der Waals surface area contributed by atoms with Crippen LogP contribution >= 0.6 is 23.4 Å². The minimum Gasteiger partial charge on any atom is -0.383 e. The minimum absolute atomic E-state index is 0.0833. The quantitative estimate of drug-likeness (QED) is 0.562. The molecule has 0 aliphatic carbocycles. The van der Waals surface area contributed by atoms with Crippen molar-refractivity contribution in [3.05, 3.63) is 59.1 Å². The number of hydrogen-bond donors (Lipinski definition) is 2. The molecule has 0 spiro atoms. The molecular weight excluding hydrogens is 432 g/mol. The fourth-order valence-electron chi connectivity index (χ4n) is 3.74. The summed E-state index contributed by atoms with van der Waals surface area (Å²) < 4.78 is 1.65. The third-order valence-corrected chi connectivity index (χ3v) is 6.52. The molecule has 1 amide bonds. The van der Waals surface area contributed by atoms with Gasteiger partial charge in [-0.3, -0.25) is 4.79 Å². The van der Waals surface area contributed by atoms with E-state index in [2.05, 4.69) is 11.3 Å². The summed E-state index contributed by atoms with van der Waals surface area (Å²) in [6.45, 7) is 1.23. The molecule has 0 saturated carbocycles. The monoisotopic (exact) mass is 452 g/mol. The molecule has 4 N–H and O–H groups in total. The fraction of sp³-hybridized carbons (Fsp3) is 0.227. The zero-order valence-corrected chi connectivity index (χ0v) is 18.2. The number of anilines is 1. The number of rotatable bonds is 5. The number of halogens is 1. The Morgan fingerprint density at radius 2 is 1.81 bits per heavy atom. The van der Waals surface area contributed by atoms with Crippen molar-refractivity contribution < 1.29 is 4.79 Å². The van der Waals surface area contributed by atoms with E-state index in [9.17, 15) is 10.1 Å². The van der Waals surface area contributed by atoms with E-state index in [0.717, 1.165) is 34.7 Å². The van der Waals surface area contributed by atoms with Crippen LogP contribution in [0, 0.1) is 11.5 Å². The molecule has 1 unspecified atom stereocenters. The van der Waals surface area contributed by atoms with Crippen LogP contribution in [0.25, 0.3) is 11.3 Å². The topological polar surface area (TPSA) is 114 Å². The van der Waals surface area contributed by atoms with Crippen molar-refractivity contribution in [3.63, 3.8) is 0 Å². The normalized spacial score (nSPS) is 16.1. The number of nitrogens with zero attached hydrogens (tertiary/aromatic N) is 4. The number of nitrogen functional groups attached to an aromatic ring is 1. The van der Waals surface area contributed by atoms with E-state index in [0.29, 0.717) is 17.3 Å². The van der Waals surface area contributed by atoms with E-state index in [1.165, 1.54) is 0 Å². The first-order chi connectivity index (χ1) is 15.0. The smallest absolute Gasteiger partial charge is 0.254 e. The number of carbonyl (C=O) groups excluding carboxylic acids is 1. The van der Waals surface area contributed by atoms with Crippen molar-refractivity contribution in [2.75, 3.05) is 18.8 Å². The molecule has 1 aliphatic heterocycles. The average Bonchev–Trinajstić information content (AvgIpc) is 3.13. The molecule has 31 heavy (non-hydrogen) atoms. The molecule has 1 aliphatic rings. The lowest BCUT2D eigenvalue weighted by atomic mass is 10.1. The number of hydrogen-bond acceptors (Lipinski definition) is 6. The Bertz CT molecular complexity index is 1140. The molecule has 0 bridgehead atoms. The zero-order chi connectivity index (χ0) is 22.0. The first-order valence-electron chi connectivity index (χ1n) is 9.82. The van der Waals surface area contributed by atoms with Crippen molar-refractivity contribution >= 4 is 35.1 Å². The summed E-state index contributed by atoms with van der Waals surface area (Å²) in [5.41, 5.74) is 13.4. The predicted octanol–water partition coefficient (Wildman–Crippen LogP) is 4.15. The maximum Gasteiger partial charge on any atom is 0.254 e. The molecule has 7 nitrogen and oxygen atoms in total. The SMILES string of the molecule is N#CN1CCCC(n2nc(-c3ccc(Sc4ccc(Cl)cc4)cc3)c(C(N)=O)c2N)C1. The lowest BCUT2D eigenvalue weighted by molar-refractivity contribution is 0.100. The first kappa shape index (κ1) is 21.1. The van der Waals surface area contributed by atoms with Crippen LogP contribution in [0.15, 0.2) is 58.3 Å². The largest absolute Gasteiger partial charge is 0.383 e. The van der Waals surface area contributed by atoms with Gasteiger partial charge < -0.3 is 16.4 Å². The number of carbonyl (C=O) groups is 1. The summed E-state index contributed by atoms with van der Waals surface area (Å²) >= 11 is 7.55. The Kier molecular flexibility index (Phi) is 6.07. The van der Waals surface area contributed by atoms with Gasteiger partial charge in [0.15, 0.2) is 6.19 Å². The van der Waals surface area contributed by atoms with Gasteiger partial charge in [-0.25, -0.2) is 4.68 Å². The van der Waals surface area contributed by atoms with Crippen LogP contribution in [0.4, 0.5) is 5.82 Å². The van der Waals surface area contributed by atoms with Crippen molar-refractivity contribution in [1.82, 2.24) is 14.7 Å². The van der Waals surface area contributed by atoms with Crippen LogP contribution in [0.1, 0.15) is 29.2 Å². The highest BCUT2D eigenvalue weighted by molar-refractivity contribution is 7.99. The van der Waals surface area contributed by atoms with Crippen LogP contribution < -0.4 is 11.5 Å². The van der Waals surface area contributed by atoms with Gasteiger partial charge in [0.05, 0.1) is 12.6 Å². The highest BCUT2D eigenvalue weighted by atomic mass is 35.5. The van der Waals surface area contributed by atoms with Gasteiger partial charge in [-0.1, -0.05) is 35.5 Å². The van der Waals surface area contributed by atoms with Crippen LogP contribution in [-0.2, 0) is 0 Å². The maximum atomic E-state index is 12.2. The minimum atomic E-state index is -0.619. The fourth-order valence-corrected chi connectivity index (χ4v) is 4.68. The second-order valence-electron chi connectivity index (χ2n) is 7.34. The second kappa shape index (κ2) is 8.92. The van der Waals surface area contributed by atoms with Crippen molar-refractivity contribution in [2.24, 2.45) is 5.73 Å². The molecule has 158 valence electrons. The van der Waals surface area contributed by atoms with Crippen molar-refractivity contribution in [3.8, 4) is 17.5 Å². The number of nitrogens with two attached hydrogens (primary N) is 2. The Balaban J connectivity index is 1.63. The highest BCUT2D eigenvalue weighted by Crippen LogP contribution is 2.34. The molecule has 2 aromatic carbocycles. The zero-order valence-electron chi connectivity index (χ0n) is 16.7. The Hall–Kier alpha value is -3.15. The maximum absolute atomic E-state index is 12.2. The molecule has 1 fully saturated rings. The molecule has 1 atom stereocenters. The van der Waals surface area contributed by atoms with Crippen LogP contribution in [0.5, 0.6) is 0 Å². The van der Waals surface area contributed by atoms with E-state index in [4.69, 9.17) is 23.1 Å². The summed E-state index contributed by atoms with van der Waals surface area (Å²) in [6.07, 6.45) is 3.87. The third kappa shape index (κ3) is 4.48. The molecule has 4 rings (SSSR count). The number of piperidine rings is 1. The Labute approximate surface area is 189 Å². The van der Waals surface area contributed by atoms with Gasteiger partial charge in [-0.05, 0) is 49.2 Å². The predicted molar refractivity (Wildman–Crippen MR) is 122 cm³/mol. The summed E-state index contributed by atoms with van der Waals surface area (Å²) in [5, 5.41) is 14.6. The van der Waals surface area contributed by atoms with Gasteiger partial charge in [0, 0.05) is 26.9 Å². The number of benzene rings is 2. The lowest BCUT2D eigenvalue weighted by Gasteiger charge is -2.29. The first-order valence-corrected chi connectivity index (χ1v) is 11.0.